The number of nitrogens with zero attached hydrogens (tertiary/aromatic N) is 1. The van der Waals surface area contributed by atoms with Gasteiger partial charge in [0.1, 0.15) is 0 Å². The Hall–Kier alpha value is -1.84. The normalized spacial score (nSPS) is 10.4. The molecular weight excluding hydrogens is 286 g/mol. The zero-order chi connectivity index (χ0) is 15.1. The van der Waals surface area contributed by atoms with E-state index >= 15 is 0 Å². The first-order chi connectivity index (χ1) is 10.2. The van der Waals surface area contributed by atoms with Gasteiger partial charge in [-0.25, -0.2) is 0 Å². The predicted molar refractivity (Wildman–Crippen MR) is 84.3 cm³/mol. The minimum atomic E-state index is -0.0889. The highest BCUT2D eigenvalue weighted by molar-refractivity contribution is 6.17. The standard InChI is InChI=1S/C17H18ClNO2/c18-12-14-6-8-16(9-7-14)17(21)19(10-11-20)13-15-4-2-1-3-5-15/h1-9,20H,10-13H2. The summed E-state index contributed by atoms with van der Waals surface area (Å²) in [4.78, 5) is 14.2. The minimum Gasteiger partial charge on any atom is -0.395 e. The Kier molecular flexibility index (Phi) is 5.78. The highest BCUT2D eigenvalue weighted by Crippen LogP contribution is 2.12. The molecule has 2 rings (SSSR count). The molecule has 0 fully saturated rings. The first-order valence-corrected chi connectivity index (χ1v) is 7.37. The van der Waals surface area contributed by atoms with Crippen LogP contribution in [0, 0.1) is 0 Å². The molecule has 0 aliphatic rings. The van der Waals surface area contributed by atoms with Crippen LogP contribution in [0.2, 0.25) is 0 Å². The van der Waals surface area contributed by atoms with Gasteiger partial charge in [0.05, 0.1) is 6.61 Å². The number of hydrogen-bond donors (Lipinski definition) is 1. The van der Waals surface area contributed by atoms with E-state index < -0.39 is 0 Å². The number of alkyl halides is 1. The van der Waals surface area contributed by atoms with Crippen molar-refractivity contribution in [2.24, 2.45) is 0 Å². The minimum absolute atomic E-state index is 0.0572. The van der Waals surface area contributed by atoms with Crippen LogP contribution in [0.1, 0.15) is 21.5 Å². The largest absolute Gasteiger partial charge is 0.395 e. The molecule has 0 radical (unpaired) electrons. The van der Waals surface area contributed by atoms with Crippen LogP contribution in [-0.2, 0) is 12.4 Å². The number of hydrogen-bond acceptors (Lipinski definition) is 2. The topological polar surface area (TPSA) is 40.5 Å². The highest BCUT2D eigenvalue weighted by Gasteiger charge is 2.15. The van der Waals surface area contributed by atoms with E-state index in [9.17, 15) is 9.90 Å². The Morgan fingerprint density at radius 2 is 1.67 bits per heavy atom. The third-order valence-electron chi connectivity index (χ3n) is 3.23. The van der Waals surface area contributed by atoms with Crippen LogP contribution >= 0.6 is 11.6 Å². The fraction of sp³-hybridized carbons (Fsp3) is 0.235. The second kappa shape index (κ2) is 7.81. The molecule has 0 spiro atoms. The van der Waals surface area contributed by atoms with Gasteiger partial charge in [-0.1, -0.05) is 42.5 Å². The summed E-state index contributed by atoms with van der Waals surface area (Å²) in [7, 11) is 0. The Labute approximate surface area is 129 Å². The first kappa shape index (κ1) is 15.5. The number of carbonyl (C=O) groups is 1. The van der Waals surface area contributed by atoms with Gasteiger partial charge < -0.3 is 10.0 Å². The molecule has 110 valence electrons. The van der Waals surface area contributed by atoms with Crippen molar-refractivity contribution < 1.29 is 9.90 Å². The van der Waals surface area contributed by atoms with Crippen LogP contribution in [0.25, 0.3) is 0 Å². The summed E-state index contributed by atoms with van der Waals surface area (Å²) in [5, 5.41) is 9.18. The maximum Gasteiger partial charge on any atom is 0.254 e. The number of rotatable bonds is 6. The molecule has 0 unspecified atom stereocenters. The molecule has 2 aromatic carbocycles. The average Bonchev–Trinajstić information content (AvgIpc) is 2.55. The molecule has 2 aromatic rings. The van der Waals surface area contributed by atoms with E-state index in [1.165, 1.54) is 0 Å². The van der Waals surface area contributed by atoms with Crippen LogP contribution < -0.4 is 0 Å². The first-order valence-electron chi connectivity index (χ1n) is 6.83. The molecule has 0 aliphatic heterocycles. The second-order valence-corrected chi connectivity index (χ2v) is 5.03. The molecule has 0 aliphatic carbocycles. The van der Waals surface area contributed by atoms with Crippen molar-refractivity contribution in [2.45, 2.75) is 12.4 Å². The predicted octanol–water partition coefficient (Wildman–Crippen LogP) is 3.06. The van der Waals surface area contributed by atoms with Gasteiger partial charge in [-0.2, -0.15) is 0 Å². The molecule has 0 heterocycles. The van der Waals surface area contributed by atoms with Crippen LogP contribution in [0.5, 0.6) is 0 Å². The van der Waals surface area contributed by atoms with E-state index in [0.29, 0.717) is 24.5 Å². The van der Waals surface area contributed by atoms with Crippen LogP contribution in [-0.4, -0.2) is 29.1 Å². The maximum atomic E-state index is 12.5. The van der Waals surface area contributed by atoms with Crippen molar-refractivity contribution >= 4 is 17.5 Å². The molecule has 1 amide bonds. The quantitative estimate of drug-likeness (QED) is 0.833. The SMILES string of the molecule is O=C(c1ccc(CCl)cc1)N(CCO)Cc1ccccc1. The van der Waals surface area contributed by atoms with Crippen molar-refractivity contribution in [1.29, 1.82) is 0 Å². The van der Waals surface area contributed by atoms with Crippen molar-refractivity contribution in [1.82, 2.24) is 4.90 Å². The summed E-state index contributed by atoms with van der Waals surface area (Å²) in [6.45, 7) is 0.737. The lowest BCUT2D eigenvalue weighted by Crippen LogP contribution is -2.33. The van der Waals surface area contributed by atoms with Crippen LogP contribution in [0.4, 0.5) is 0 Å². The van der Waals surface area contributed by atoms with Crippen molar-refractivity contribution in [2.75, 3.05) is 13.2 Å². The Bertz CT molecular complexity index is 569. The molecular formula is C17H18ClNO2. The number of amides is 1. The van der Waals surface area contributed by atoms with E-state index in [-0.39, 0.29) is 12.5 Å². The number of aliphatic hydroxyl groups excluding tert-OH is 1. The fourth-order valence-corrected chi connectivity index (χ4v) is 2.27. The van der Waals surface area contributed by atoms with Crippen LogP contribution in [0.3, 0.4) is 0 Å². The molecule has 0 saturated carbocycles. The van der Waals surface area contributed by atoms with Gasteiger partial charge in [0.2, 0.25) is 0 Å². The second-order valence-electron chi connectivity index (χ2n) is 4.77. The van der Waals surface area contributed by atoms with E-state index in [1.807, 2.05) is 42.5 Å². The zero-order valence-corrected chi connectivity index (χ0v) is 12.5. The molecule has 0 aromatic heterocycles. The lowest BCUT2D eigenvalue weighted by Gasteiger charge is -2.22. The zero-order valence-electron chi connectivity index (χ0n) is 11.7. The molecule has 4 heteroatoms. The summed E-state index contributed by atoms with van der Waals surface area (Å²) in [5.41, 5.74) is 2.62. The monoisotopic (exact) mass is 303 g/mol. The van der Waals surface area contributed by atoms with Crippen molar-refractivity contribution in [3.8, 4) is 0 Å². The third kappa shape index (κ3) is 4.31. The lowest BCUT2D eigenvalue weighted by atomic mass is 10.1. The smallest absolute Gasteiger partial charge is 0.254 e. The number of carbonyl (C=O) groups excluding carboxylic acids is 1. The van der Waals surface area contributed by atoms with Crippen molar-refractivity contribution in [3.63, 3.8) is 0 Å². The molecule has 0 atom stereocenters. The van der Waals surface area contributed by atoms with Gasteiger partial charge in [-0.3, -0.25) is 4.79 Å². The summed E-state index contributed by atoms with van der Waals surface area (Å²) in [6, 6.07) is 17.0. The molecule has 21 heavy (non-hydrogen) atoms. The molecule has 3 nitrogen and oxygen atoms in total. The summed E-state index contributed by atoms with van der Waals surface area (Å²) in [6.07, 6.45) is 0. The van der Waals surface area contributed by atoms with Gasteiger partial charge in [0, 0.05) is 24.5 Å². The fourth-order valence-electron chi connectivity index (χ4n) is 2.10. The summed E-state index contributed by atoms with van der Waals surface area (Å²) < 4.78 is 0. The van der Waals surface area contributed by atoms with Gasteiger partial charge in [-0.15, -0.1) is 11.6 Å². The molecule has 0 bridgehead atoms. The van der Waals surface area contributed by atoms with E-state index in [0.717, 1.165) is 11.1 Å². The van der Waals surface area contributed by atoms with Crippen molar-refractivity contribution in [3.05, 3.63) is 71.3 Å². The van der Waals surface area contributed by atoms with E-state index in [1.54, 1.807) is 17.0 Å². The summed E-state index contributed by atoms with van der Waals surface area (Å²) >= 11 is 5.75. The number of benzene rings is 2. The molecule has 1 N–H and O–H groups in total. The average molecular weight is 304 g/mol. The lowest BCUT2D eigenvalue weighted by molar-refractivity contribution is 0.0708. The van der Waals surface area contributed by atoms with E-state index in [4.69, 9.17) is 11.6 Å². The van der Waals surface area contributed by atoms with Gasteiger partial charge in [-0.05, 0) is 23.3 Å². The molecule has 0 saturated heterocycles. The summed E-state index contributed by atoms with van der Waals surface area (Å²) in [5.74, 6) is 0.341. The van der Waals surface area contributed by atoms with Crippen LogP contribution in [0.15, 0.2) is 54.6 Å². The van der Waals surface area contributed by atoms with E-state index in [2.05, 4.69) is 0 Å². The number of halogens is 1. The third-order valence-corrected chi connectivity index (χ3v) is 3.54. The van der Waals surface area contributed by atoms with Gasteiger partial charge >= 0.3 is 0 Å². The Balaban J connectivity index is 2.14. The number of aliphatic hydroxyl groups is 1. The highest BCUT2D eigenvalue weighted by atomic mass is 35.5. The Morgan fingerprint density at radius 1 is 1.00 bits per heavy atom. The Morgan fingerprint density at radius 3 is 2.24 bits per heavy atom. The maximum absolute atomic E-state index is 12.5. The van der Waals surface area contributed by atoms with Gasteiger partial charge in [0.15, 0.2) is 0 Å². The van der Waals surface area contributed by atoms with Gasteiger partial charge in [0.25, 0.3) is 5.91 Å².